The normalized spacial score (nSPS) is 11.0. The molecular formula is C15H18BrN3OS. The van der Waals surface area contributed by atoms with Crippen molar-refractivity contribution in [2.45, 2.75) is 31.7 Å². The van der Waals surface area contributed by atoms with Gasteiger partial charge in [-0.15, -0.1) is 11.8 Å². The predicted octanol–water partition coefficient (Wildman–Crippen LogP) is 3.60. The van der Waals surface area contributed by atoms with Crippen LogP contribution in [0.15, 0.2) is 40.0 Å². The number of nitrogens with zero attached hydrogens (tertiary/aromatic N) is 3. The monoisotopic (exact) mass is 367 g/mol. The first-order valence-corrected chi connectivity index (χ1v) is 8.59. The van der Waals surface area contributed by atoms with E-state index < -0.39 is 0 Å². The van der Waals surface area contributed by atoms with Gasteiger partial charge in [-0.25, -0.2) is 9.67 Å². The summed E-state index contributed by atoms with van der Waals surface area (Å²) in [6.45, 7) is 5.04. The standard InChI is InChI=1S/C15H18BrN3OS/c1-11(2)8-19-15(17-10-18-19)7-13(20)9-21-14-5-3-4-12(16)6-14/h3-6,10-11H,7-9H2,1-2H3. The number of thioether (sulfide) groups is 1. The third-order valence-electron chi connectivity index (χ3n) is 2.79. The fraction of sp³-hybridized carbons (Fsp3) is 0.400. The molecule has 0 radical (unpaired) electrons. The summed E-state index contributed by atoms with van der Waals surface area (Å²) >= 11 is 4.98. The van der Waals surface area contributed by atoms with Crippen LogP contribution in [0.3, 0.4) is 0 Å². The SMILES string of the molecule is CC(C)Cn1ncnc1CC(=O)CSc1cccc(Br)c1. The van der Waals surface area contributed by atoms with Gasteiger partial charge >= 0.3 is 0 Å². The van der Waals surface area contributed by atoms with E-state index in [1.807, 2.05) is 28.9 Å². The van der Waals surface area contributed by atoms with E-state index >= 15 is 0 Å². The molecule has 0 N–H and O–H groups in total. The lowest BCUT2D eigenvalue weighted by atomic mass is 10.2. The molecule has 1 aromatic carbocycles. The summed E-state index contributed by atoms with van der Waals surface area (Å²) in [4.78, 5) is 17.4. The van der Waals surface area contributed by atoms with Crippen molar-refractivity contribution in [3.05, 3.63) is 40.9 Å². The topological polar surface area (TPSA) is 47.8 Å². The summed E-state index contributed by atoms with van der Waals surface area (Å²) in [5.41, 5.74) is 0. The van der Waals surface area contributed by atoms with Crippen LogP contribution in [-0.2, 0) is 17.8 Å². The van der Waals surface area contributed by atoms with E-state index in [2.05, 4.69) is 39.9 Å². The summed E-state index contributed by atoms with van der Waals surface area (Å²) in [7, 11) is 0. The van der Waals surface area contributed by atoms with Gasteiger partial charge in [0.15, 0.2) is 5.78 Å². The Morgan fingerprint density at radius 3 is 2.95 bits per heavy atom. The zero-order valence-corrected chi connectivity index (χ0v) is 14.5. The van der Waals surface area contributed by atoms with Crippen molar-refractivity contribution in [3.8, 4) is 0 Å². The Hall–Kier alpha value is -1.14. The minimum absolute atomic E-state index is 0.165. The van der Waals surface area contributed by atoms with Gasteiger partial charge in [0.1, 0.15) is 12.2 Å². The summed E-state index contributed by atoms with van der Waals surface area (Å²) in [6, 6.07) is 7.96. The van der Waals surface area contributed by atoms with E-state index in [0.29, 0.717) is 18.1 Å². The Morgan fingerprint density at radius 1 is 1.43 bits per heavy atom. The largest absolute Gasteiger partial charge is 0.298 e. The number of Topliss-reactive ketones (excluding diaryl/α,β-unsaturated/α-hetero) is 1. The van der Waals surface area contributed by atoms with E-state index in [9.17, 15) is 4.79 Å². The molecule has 0 unspecified atom stereocenters. The minimum Gasteiger partial charge on any atom is -0.298 e. The van der Waals surface area contributed by atoms with Crippen molar-refractivity contribution in [1.82, 2.24) is 14.8 Å². The molecule has 0 spiro atoms. The lowest BCUT2D eigenvalue weighted by Gasteiger charge is -2.08. The van der Waals surface area contributed by atoms with Crippen LogP contribution in [-0.4, -0.2) is 26.3 Å². The van der Waals surface area contributed by atoms with E-state index in [-0.39, 0.29) is 5.78 Å². The molecular weight excluding hydrogens is 350 g/mol. The van der Waals surface area contributed by atoms with E-state index in [0.717, 1.165) is 21.7 Å². The third kappa shape index (κ3) is 5.28. The van der Waals surface area contributed by atoms with E-state index in [1.54, 1.807) is 11.8 Å². The molecule has 0 aliphatic rings. The van der Waals surface area contributed by atoms with Crippen LogP contribution in [0.4, 0.5) is 0 Å². The molecule has 0 atom stereocenters. The molecule has 0 bridgehead atoms. The van der Waals surface area contributed by atoms with E-state index in [1.165, 1.54) is 6.33 Å². The first-order valence-electron chi connectivity index (χ1n) is 6.81. The Morgan fingerprint density at radius 2 is 2.24 bits per heavy atom. The average Bonchev–Trinajstić information content (AvgIpc) is 2.83. The van der Waals surface area contributed by atoms with Crippen LogP contribution in [0.2, 0.25) is 0 Å². The minimum atomic E-state index is 0.165. The van der Waals surface area contributed by atoms with Crippen LogP contribution in [0, 0.1) is 5.92 Å². The molecule has 1 heterocycles. The first kappa shape index (κ1) is 16.2. The number of hydrogen-bond acceptors (Lipinski definition) is 4. The molecule has 0 aliphatic heterocycles. The number of aromatic nitrogens is 3. The highest BCUT2D eigenvalue weighted by atomic mass is 79.9. The second-order valence-electron chi connectivity index (χ2n) is 5.21. The maximum absolute atomic E-state index is 12.1. The molecule has 4 nitrogen and oxygen atoms in total. The molecule has 0 amide bonds. The van der Waals surface area contributed by atoms with Crippen molar-refractivity contribution < 1.29 is 4.79 Å². The second kappa shape index (κ2) is 7.75. The Kier molecular flexibility index (Phi) is 5.99. The molecule has 112 valence electrons. The van der Waals surface area contributed by atoms with Gasteiger partial charge in [0.2, 0.25) is 0 Å². The lowest BCUT2D eigenvalue weighted by molar-refractivity contribution is -0.116. The fourth-order valence-electron chi connectivity index (χ4n) is 1.87. The van der Waals surface area contributed by atoms with Gasteiger partial charge in [-0.05, 0) is 24.1 Å². The second-order valence-corrected chi connectivity index (χ2v) is 7.18. The Balaban J connectivity index is 1.89. The number of carbonyl (C=O) groups is 1. The molecule has 6 heteroatoms. The van der Waals surface area contributed by atoms with Gasteiger partial charge in [0, 0.05) is 15.9 Å². The molecule has 0 saturated heterocycles. The maximum Gasteiger partial charge on any atom is 0.150 e. The third-order valence-corrected chi connectivity index (χ3v) is 4.33. The van der Waals surface area contributed by atoms with Crippen LogP contribution in [0.5, 0.6) is 0 Å². The summed E-state index contributed by atoms with van der Waals surface area (Å²) in [5.74, 6) is 1.85. The molecule has 2 rings (SSSR count). The van der Waals surface area contributed by atoms with Crippen LogP contribution in [0.1, 0.15) is 19.7 Å². The van der Waals surface area contributed by atoms with Crippen molar-refractivity contribution in [2.24, 2.45) is 5.92 Å². The number of halogens is 1. The van der Waals surface area contributed by atoms with Crippen LogP contribution in [0.25, 0.3) is 0 Å². The Bertz CT molecular complexity index is 612. The first-order chi connectivity index (χ1) is 10.0. The molecule has 0 fully saturated rings. The highest BCUT2D eigenvalue weighted by Gasteiger charge is 2.11. The summed E-state index contributed by atoms with van der Waals surface area (Å²) in [6.07, 6.45) is 1.86. The summed E-state index contributed by atoms with van der Waals surface area (Å²) in [5, 5.41) is 4.18. The van der Waals surface area contributed by atoms with Crippen molar-refractivity contribution in [1.29, 1.82) is 0 Å². The molecule has 0 aliphatic carbocycles. The number of rotatable bonds is 7. The van der Waals surface area contributed by atoms with Crippen molar-refractivity contribution in [2.75, 3.05) is 5.75 Å². The zero-order valence-electron chi connectivity index (χ0n) is 12.1. The smallest absolute Gasteiger partial charge is 0.150 e. The molecule has 2 aromatic rings. The van der Waals surface area contributed by atoms with Gasteiger partial charge < -0.3 is 0 Å². The number of benzene rings is 1. The molecule has 1 aromatic heterocycles. The van der Waals surface area contributed by atoms with Crippen LogP contribution < -0.4 is 0 Å². The van der Waals surface area contributed by atoms with Crippen molar-refractivity contribution in [3.63, 3.8) is 0 Å². The van der Waals surface area contributed by atoms with Gasteiger partial charge in [-0.2, -0.15) is 5.10 Å². The quantitative estimate of drug-likeness (QED) is 0.701. The van der Waals surface area contributed by atoms with Gasteiger partial charge in [-0.3, -0.25) is 4.79 Å². The number of carbonyl (C=O) groups excluding carboxylic acids is 1. The lowest BCUT2D eigenvalue weighted by Crippen LogP contribution is -2.15. The highest BCUT2D eigenvalue weighted by Crippen LogP contribution is 2.22. The highest BCUT2D eigenvalue weighted by molar-refractivity contribution is 9.10. The van der Waals surface area contributed by atoms with Gasteiger partial charge in [0.05, 0.1) is 12.2 Å². The zero-order chi connectivity index (χ0) is 15.2. The Labute approximate surface area is 137 Å². The summed E-state index contributed by atoms with van der Waals surface area (Å²) < 4.78 is 2.85. The van der Waals surface area contributed by atoms with Gasteiger partial charge in [0.25, 0.3) is 0 Å². The van der Waals surface area contributed by atoms with Crippen LogP contribution >= 0.6 is 27.7 Å². The maximum atomic E-state index is 12.1. The average molecular weight is 368 g/mol. The van der Waals surface area contributed by atoms with Gasteiger partial charge in [-0.1, -0.05) is 35.8 Å². The number of ketones is 1. The molecule has 0 saturated carbocycles. The van der Waals surface area contributed by atoms with Crippen molar-refractivity contribution >= 4 is 33.5 Å². The predicted molar refractivity (Wildman–Crippen MR) is 88.4 cm³/mol. The number of hydrogen-bond donors (Lipinski definition) is 0. The van der Waals surface area contributed by atoms with E-state index in [4.69, 9.17) is 0 Å². The molecule has 21 heavy (non-hydrogen) atoms. The fourth-order valence-corrected chi connectivity index (χ4v) is 3.24.